The number of rotatable bonds is 5. The number of carbonyl (C=O) groups is 1. The van der Waals surface area contributed by atoms with E-state index in [0.717, 1.165) is 53.1 Å². The predicted octanol–water partition coefficient (Wildman–Crippen LogP) is 4.72. The zero-order chi connectivity index (χ0) is 25.7. The van der Waals surface area contributed by atoms with Crippen LogP contribution in [0, 0.1) is 11.8 Å². The first kappa shape index (κ1) is 23.4. The van der Waals surface area contributed by atoms with E-state index in [-0.39, 0.29) is 11.9 Å². The van der Waals surface area contributed by atoms with Crippen molar-refractivity contribution in [2.75, 3.05) is 12.3 Å². The molecule has 1 aliphatic carbocycles. The molecule has 3 N–H and O–H groups in total. The van der Waals surface area contributed by atoms with Gasteiger partial charge in [-0.1, -0.05) is 67.6 Å². The van der Waals surface area contributed by atoms with E-state index >= 15 is 0 Å². The zero-order valence-corrected chi connectivity index (χ0v) is 20.9. The van der Waals surface area contributed by atoms with Gasteiger partial charge in [0.15, 0.2) is 0 Å². The maximum atomic E-state index is 12.9. The fraction of sp³-hybridized carbons (Fsp3) is 0.300. The Balaban J connectivity index is 1.45. The minimum Gasteiger partial charge on any atom is -0.382 e. The van der Waals surface area contributed by atoms with Gasteiger partial charge < -0.3 is 15.7 Å². The summed E-state index contributed by atoms with van der Waals surface area (Å²) in [6.07, 6.45) is 8.33. The van der Waals surface area contributed by atoms with Gasteiger partial charge in [0, 0.05) is 24.5 Å². The minimum atomic E-state index is -1.13. The molecule has 1 saturated heterocycles. The van der Waals surface area contributed by atoms with Crippen LogP contribution in [-0.4, -0.2) is 36.8 Å². The van der Waals surface area contributed by atoms with E-state index in [2.05, 4.69) is 11.6 Å². The lowest BCUT2D eigenvalue weighted by molar-refractivity contribution is -0.127. The second kappa shape index (κ2) is 8.85. The largest absolute Gasteiger partial charge is 0.382 e. The van der Waals surface area contributed by atoms with E-state index in [0.29, 0.717) is 17.7 Å². The summed E-state index contributed by atoms with van der Waals surface area (Å²) in [5.74, 6) is 1.97. The van der Waals surface area contributed by atoms with E-state index < -0.39 is 5.60 Å². The van der Waals surface area contributed by atoms with Crippen LogP contribution >= 0.6 is 0 Å². The number of fused-ring (bicyclic) bond motifs is 2. The Morgan fingerprint density at radius 3 is 2.59 bits per heavy atom. The van der Waals surface area contributed by atoms with Crippen LogP contribution in [0.2, 0.25) is 0 Å². The van der Waals surface area contributed by atoms with Crippen molar-refractivity contribution in [1.29, 1.82) is 0 Å². The van der Waals surface area contributed by atoms with Gasteiger partial charge >= 0.3 is 0 Å². The van der Waals surface area contributed by atoms with Crippen LogP contribution < -0.4 is 5.73 Å². The number of nitrogens with two attached hydrogens (primary N) is 1. The Morgan fingerprint density at radius 1 is 1.14 bits per heavy atom. The Bertz CT molecular complexity index is 1480. The first-order valence-corrected chi connectivity index (χ1v) is 12.8. The standard InChI is InChI=1S/C30H31N5O2/c1-3-24(36)35-18-20-8-7-11-23(20)26(35)29-33-25(27-28(31)32-16-17-34(27)29)19-12-14-22(15-13-19)30(2,37)21-9-5-4-6-10-21/h3-6,9-10,12-17,20,23,26,37H,1,7-8,11,18H2,2H3,(H2,31,32). The Kier molecular flexibility index (Phi) is 5.60. The number of amides is 1. The topological polar surface area (TPSA) is 96.8 Å². The van der Waals surface area contributed by atoms with Gasteiger partial charge in [-0.2, -0.15) is 0 Å². The number of hydrogen-bond acceptors (Lipinski definition) is 5. The highest BCUT2D eigenvalue weighted by atomic mass is 16.3. The highest BCUT2D eigenvalue weighted by molar-refractivity contribution is 5.88. The third-order valence-corrected chi connectivity index (χ3v) is 8.28. The number of benzene rings is 2. The number of nitrogens with zero attached hydrogens (tertiary/aromatic N) is 4. The second-order valence-corrected chi connectivity index (χ2v) is 10.4. The molecule has 2 aromatic heterocycles. The Labute approximate surface area is 216 Å². The summed E-state index contributed by atoms with van der Waals surface area (Å²) in [6, 6.07) is 17.3. The quantitative estimate of drug-likeness (QED) is 0.392. The van der Waals surface area contributed by atoms with Gasteiger partial charge in [0.1, 0.15) is 28.5 Å². The number of anilines is 1. The number of imidazole rings is 1. The lowest BCUT2D eigenvalue weighted by atomic mass is 9.87. The molecule has 2 aliphatic rings. The first-order valence-electron chi connectivity index (χ1n) is 12.8. The van der Waals surface area contributed by atoms with Crippen LogP contribution in [0.15, 0.2) is 79.6 Å². The summed E-state index contributed by atoms with van der Waals surface area (Å²) in [4.78, 5) is 24.3. The van der Waals surface area contributed by atoms with Gasteiger partial charge in [-0.25, -0.2) is 9.97 Å². The van der Waals surface area contributed by atoms with Crippen LogP contribution in [0.4, 0.5) is 5.82 Å². The lowest BCUT2D eigenvalue weighted by Gasteiger charge is -2.26. The fourth-order valence-corrected chi connectivity index (χ4v) is 6.36. The molecule has 6 rings (SSSR count). The average Bonchev–Trinajstić information content (AvgIpc) is 3.62. The number of hydrogen-bond donors (Lipinski definition) is 2. The molecule has 4 aromatic rings. The Morgan fingerprint density at radius 2 is 1.86 bits per heavy atom. The molecule has 37 heavy (non-hydrogen) atoms. The molecule has 7 nitrogen and oxygen atoms in total. The maximum Gasteiger partial charge on any atom is 0.246 e. The van der Waals surface area contributed by atoms with Gasteiger partial charge in [-0.3, -0.25) is 9.20 Å². The van der Waals surface area contributed by atoms with E-state index in [1.807, 2.05) is 70.1 Å². The highest BCUT2D eigenvalue weighted by Crippen LogP contribution is 2.50. The molecular formula is C30H31N5O2. The van der Waals surface area contributed by atoms with Crippen LogP contribution in [0.25, 0.3) is 16.8 Å². The molecule has 3 heterocycles. The van der Waals surface area contributed by atoms with Crippen LogP contribution in [0.5, 0.6) is 0 Å². The SMILES string of the molecule is C=CC(=O)N1CC2CCCC2C1c1nc(-c2ccc(C(C)(O)c3ccccc3)cc2)c2c(N)nccn12. The monoisotopic (exact) mass is 493 g/mol. The second-order valence-electron chi connectivity index (χ2n) is 10.4. The molecule has 4 atom stereocenters. The molecule has 7 heteroatoms. The maximum absolute atomic E-state index is 12.9. The molecule has 188 valence electrons. The van der Waals surface area contributed by atoms with Gasteiger partial charge in [-0.05, 0) is 48.8 Å². The summed E-state index contributed by atoms with van der Waals surface area (Å²) in [5, 5.41) is 11.3. The van der Waals surface area contributed by atoms with Gasteiger partial charge in [0.2, 0.25) is 5.91 Å². The molecule has 0 bridgehead atoms. The minimum absolute atomic E-state index is 0.0628. The molecule has 1 saturated carbocycles. The summed E-state index contributed by atoms with van der Waals surface area (Å²) >= 11 is 0. The predicted molar refractivity (Wildman–Crippen MR) is 143 cm³/mol. The van der Waals surface area contributed by atoms with Gasteiger partial charge in [0.25, 0.3) is 0 Å². The molecular weight excluding hydrogens is 462 g/mol. The van der Waals surface area contributed by atoms with Gasteiger partial charge in [0.05, 0.1) is 6.04 Å². The van der Waals surface area contributed by atoms with Crippen molar-refractivity contribution in [2.45, 2.75) is 37.8 Å². The Hall–Kier alpha value is -3.97. The molecule has 0 radical (unpaired) electrons. The average molecular weight is 494 g/mol. The number of aromatic nitrogens is 3. The van der Waals surface area contributed by atoms with Crippen molar-refractivity contribution < 1.29 is 9.90 Å². The molecule has 2 fully saturated rings. The third-order valence-electron chi connectivity index (χ3n) is 8.28. The number of aliphatic hydroxyl groups is 1. The van der Waals surface area contributed by atoms with Crippen LogP contribution in [0.3, 0.4) is 0 Å². The smallest absolute Gasteiger partial charge is 0.246 e. The van der Waals surface area contributed by atoms with Crippen LogP contribution in [0.1, 0.15) is 49.2 Å². The van der Waals surface area contributed by atoms with E-state index in [9.17, 15) is 9.90 Å². The fourth-order valence-electron chi connectivity index (χ4n) is 6.36. The van der Waals surface area contributed by atoms with E-state index in [4.69, 9.17) is 10.7 Å². The van der Waals surface area contributed by atoms with Crippen molar-refractivity contribution >= 4 is 17.2 Å². The molecule has 1 amide bonds. The van der Waals surface area contributed by atoms with Crippen LogP contribution in [-0.2, 0) is 10.4 Å². The molecule has 0 spiro atoms. The first-order chi connectivity index (χ1) is 17.9. The highest BCUT2D eigenvalue weighted by Gasteiger charge is 2.48. The molecule has 1 aliphatic heterocycles. The summed E-state index contributed by atoms with van der Waals surface area (Å²) in [7, 11) is 0. The zero-order valence-electron chi connectivity index (χ0n) is 20.9. The normalized spacial score (nSPS) is 22.6. The van der Waals surface area contributed by atoms with E-state index in [1.54, 1.807) is 13.1 Å². The van der Waals surface area contributed by atoms with Crippen molar-refractivity contribution in [3.05, 3.63) is 96.6 Å². The van der Waals surface area contributed by atoms with Crippen molar-refractivity contribution in [1.82, 2.24) is 19.3 Å². The number of carbonyl (C=O) groups excluding carboxylic acids is 1. The van der Waals surface area contributed by atoms with Crippen molar-refractivity contribution in [3.8, 4) is 11.3 Å². The van der Waals surface area contributed by atoms with Crippen molar-refractivity contribution in [3.63, 3.8) is 0 Å². The molecule has 2 aromatic carbocycles. The molecule has 4 unspecified atom stereocenters. The number of nitrogen functional groups attached to an aromatic ring is 1. The van der Waals surface area contributed by atoms with E-state index in [1.165, 1.54) is 12.5 Å². The summed E-state index contributed by atoms with van der Waals surface area (Å²) in [6.45, 7) is 6.27. The number of likely N-dealkylation sites (tertiary alicyclic amines) is 1. The van der Waals surface area contributed by atoms with Gasteiger partial charge in [-0.15, -0.1) is 0 Å². The summed E-state index contributed by atoms with van der Waals surface area (Å²) in [5.41, 5.74) is 9.20. The third kappa shape index (κ3) is 3.73. The summed E-state index contributed by atoms with van der Waals surface area (Å²) < 4.78 is 2.00. The lowest BCUT2D eigenvalue weighted by Crippen LogP contribution is -2.32. The van der Waals surface area contributed by atoms with Crippen molar-refractivity contribution in [2.24, 2.45) is 11.8 Å².